The molecule has 1 heterocycles. The van der Waals surface area contributed by atoms with E-state index in [0.29, 0.717) is 6.42 Å². The van der Waals surface area contributed by atoms with Crippen molar-refractivity contribution < 1.29 is 13.2 Å². The molecule has 0 amide bonds. The van der Waals surface area contributed by atoms with E-state index in [1.807, 2.05) is 13.8 Å². The summed E-state index contributed by atoms with van der Waals surface area (Å²) in [6.45, 7) is 4.06. The van der Waals surface area contributed by atoms with Gasteiger partial charge in [-0.25, -0.2) is 0 Å². The Morgan fingerprint density at radius 3 is 2.20 bits per heavy atom. The molecule has 0 bridgehead atoms. The lowest BCUT2D eigenvalue weighted by molar-refractivity contribution is -0.137. The van der Waals surface area contributed by atoms with Crippen molar-refractivity contribution in [1.29, 1.82) is 0 Å². The Morgan fingerprint density at radius 2 is 1.75 bits per heavy atom. The fourth-order valence-electron chi connectivity index (χ4n) is 1.97. The van der Waals surface area contributed by atoms with Gasteiger partial charge in [0.15, 0.2) is 0 Å². The average Bonchev–Trinajstić information content (AvgIpc) is 2.69. The van der Waals surface area contributed by atoms with Crippen molar-refractivity contribution in [3.8, 4) is 0 Å². The van der Waals surface area contributed by atoms with E-state index in [-0.39, 0.29) is 6.04 Å². The third kappa shape index (κ3) is 3.41. The fourth-order valence-corrected chi connectivity index (χ4v) is 3.01. The molecular weight excluding hydrogens is 283 g/mol. The summed E-state index contributed by atoms with van der Waals surface area (Å²) in [5, 5.41) is 0. The summed E-state index contributed by atoms with van der Waals surface area (Å²) in [6.07, 6.45) is -3.75. The Bertz CT molecular complexity index is 565. The molecule has 0 spiro atoms. The van der Waals surface area contributed by atoms with Gasteiger partial charge in [0.2, 0.25) is 0 Å². The average molecular weight is 299 g/mol. The molecule has 20 heavy (non-hydrogen) atoms. The molecule has 0 aliphatic heterocycles. The highest BCUT2D eigenvalue weighted by Gasteiger charge is 2.29. The lowest BCUT2D eigenvalue weighted by Gasteiger charge is -2.11. The number of alkyl halides is 3. The molecule has 1 atom stereocenters. The van der Waals surface area contributed by atoms with Gasteiger partial charge in [0.05, 0.1) is 5.56 Å². The number of hydrogen-bond acceptors (Lipinski definition) is 2. The van der Waals surface area contributed by atoms with E-state index in [4.69, 9.17) is 5.73 Å². The molecule has 0 saturated carbocycles. The van der Waals surface area contributed by atoms with Gasteiger partial charge in [-0.15, -0.1) is 11.3 Å². The monoisotopic (exact) mass is 299 g/mol. The second kappa shape index (κ2) is 5.58. The van der Waals surface area contributed by atoms with Crippen LogP contribution in [0.4, 0.5) is 13.2 Å². The number of rotatable bonds is 3. The van der Waals surface area contributed by atoms with Crippen LogP contribution in [0.25, 0.3) is 0 Å². The molecule has 1 aromatic carbocycles. The summed E-state index contributed by atoms with van der Waals surface area (Å²) in [7, 11) is 0. The highest BCUT2D eigenvalue weighted by atomic mass is 32.1. The Morgan fingerprint density at radius 1 is 1.15 bits per heavy atom. The van der Waals surface area contributed by atoms with Crippen molar-refractivity contribution in [1.82, 2.24) is 0 Å². The summed E-state index contributed by atoms with van der Waals surface area (Å²) in [5.74, 6) is 0. The van der Waals surface area contributed by atoms with Gasteiger partial charge < -0.3 is 5.73 Å². The van der Waals surface area contributed by atoms with Crippen LogP contribution in [0, 0.1) is 13.8 Å². The number of aryl methyl sites for hydroxylation is 2. The van der Waals surface area contributed by atoms with Gasteiger partial charge in [-0.1, -0.05) is 12.1 Å². The number of thiophene rings is 1. The van der Waals surface area contributed by atoms with Gasteiger partial charge in [0, 0.05) is 15.8 Å². The predicted molar refractivity (Wildman–Crippen MR) is 75.9 cm³/mol. The molecular formula is C15H16F3NS. The summed E-state index contributed by atoms with van der Waals surface area (Å²) < 4.78 is 37.4. The molecule has 0 radical (unpaired) electrons. The summed E-state index contributed by atoms with van der Waals surface area (Å²) in [5.41, 5.74) is 7.51. The quantitative estimate of drug-likeness (QED) is 0.879. The normalized spacial score (nSPS) is 13.5. The predicted octanol–water partition coefficient (Wildman–Crippen LogP) is 4.63. The van der Waals surface area contributed by atoms with E-state index in [0.717, 1.165) is 22.6 Å². The van der Waals surface area contributed by atoms with Crippen molar-refractivity contribution in [2.24, 2.45) is 5.73 Å². The molecule has 5 heteroatoms. The van der Waals surface area contributed by atoms with Crippen LogP contribution in [0.2, 0.25) is 0 Å². The standard InChI is InChI=1S/C15H16F3NS/c1-9-7-14(20-10(9)2)13(19)8-11-3-5-12(6-4-11)15(16,17)18/h3-7,13H,8,19H2,1-2H3. The SMILES string of the molecule is Cc1cc(C(N)Cc2ccc(C(F)(F)F)cc2)sc1C. The molecule has 1 nitrogen and oxygen atoms in total. The van der Waals surface area contributed by atoms with E-state index in [9.17, 15) is 13.2 Å². The van der Waals surface area contributed by atoms with Crippen molar-refractivity contribution >= 4 is 11.3 Å². The van der Waals surface area contributed by atoms with Crippen LogP contribution in [0.5, 0.6) is 0 Å². The van der Waals surface area contributed by atoms with Crippen LogP contribution in [-0.4, -0.2) is 0 Å². The summed E-state index contributed by atoms with van der Waals surface area (Å²) >= 11 is 1.64. The van der Waals surface area contributed by atoms with Gasteiger partial charge in [-0.05, 0) is 49.6 Å². The Hall–Kier alpha value is -1.33. The van der Waals surface area contributed by atoms with Crippen molar-refractivity contribution in [2.75, 3.05) is 0 Å². The Kier molecular flexibility index (Phi) is 4.20. The highest BCUT2D eigenvalue weighted by molar-refractivity contribution is 7.12. The molecule has 108 valence electrons. The van der Waals surface area contributed by atoms with Crippen LogP contribution in [-0.2, 0) is 12.6 Å². The minimum atomic E-state index is -4.29. The van der Waals surface area contributed by atoms with Gasteiger partial charge >= 0.3 is 6.18 Å². The number of hydrogen-bond donors (Lipinski definition) is 1. The summed E-state index contributed by atoms with van der Waals surface area (Å²) in [4.78, 5) is 2.29. The zero-order valence-corrected chi connectivity index (χ0v) is 12.1. The zero-order valence-electron chi connectivity index (χ0n) is 11.3. The lowest BCUT2D eigenvalue weighted by Crippen LogP contribution is -2.12. The van der Waals surface area contributed by atoms with Crippen molar-refractivity contribution in [3.05, 3.63) is 56.8 Å². The van der Waals surface area contributed by atoms with E-state index in [2.05, 4.69) is 6.07 Å². The Labute approximate surface area is 120 Å². The van der Waals surface area contributed by atoms with Gasteiger partial charge in [0.25, 0.3) is 0 Å². The highest BCUT2D eigenvalue weighted by Crippen LogP contribution is 2.30. The number of benzene rings is 1. The molecule has 1 unspecified atom stereocenters. The second-order valence-corrected chi connectivity index (χ2v) is 6.18. The molecule has 0 aliphatic rings. The number of nitrogens with two attached hydrogens (primary N) is 1. The van der Waals surface area contributed by atoms with Gasteiger partial charge in [-0.2, -0.15) is 13.2 Å². The molecule has 2 rings (SSSR count). The zero-order chi connectivity index (χ0) is 14.9. The first-order valence-electron chi connectivity index (χ1n) is 6.26. The van der Waals surface area contributed by atoms with E-state index >= 15 is 0 Å². The minimum absolute atomic E-state index is 0.177. The third-order valence-corrected chi connectivity index (χ3v) is 4.57. The number of halogens is 3. The van der Waals surface area contributed by atoms with E-state index < -0.39 is 11.7 Å². The largest absolute Gasteiger partial charge is 0.416 e. The second-order valence-electron chi connectivity index (χ2n) is 4.89. The molecule has 0 aliphatic carbocycles. The van der Waals surface area contributed by atoms with Gasteiger partial charge in [0.1, 0.15) is 0 Å². The maximum Gasteiger partial charge on any atom is 0.416 e. The maximum atomic E-state index is 12.5. The molecule has 0 saturated heterocycles. The molecule has 1 aromatic heterocycles. The molecule has 2 aromatic rings. The van der Waals surface area contributed by atoms with E-state index in [1.165, 1.54) is 22.6 Å². The van der Waals surface area contributed by atoms with Crippen molar-refractivity contribution in [3.63, 3.8) is 0 Å². The topological polar surface area (TPSA) is 26.0 Å². The smallest absolute Gasteiger partial charge is 0.323 e. The van der Waals surface area contributed by atoms with Crippen molar-refractivity contribution in [2.45, 2.75) is 32.5 Å². The van der Waals surface area contributed by atoms with Gasteiger partial charge in [-0.3, -0.25) is 0 Å². The van der Waals surface area contributed by atoms with Crippen LogP contribution in [0.15, 0.2) is 30.3 Å². The molecule has 2 N–H and O–H groups in total. The van der Waals surface area contributed by atoms with Crippen LogP contribution in [0.1, 0.15) is 32.5 Å². The lowest BCUT2D eigenvalue weighted by atomic mass is 10.0. The Balaban J connectivity index is 2.10. The fraction of sp³-hybridized carbons (Fsp3) is 0.333. The first kappa shape index (κ1) is 15.1. The maximum absolute atomic E-state index is 12.5. The van der Waals surface area contributed by atoms with E-state index in [1.54, 1.807) is 11.3 Å². The first-order valence-corrected chi connectivity index (χ1v) is 7.07. The molecule has 0 fully saturated rings. The van der Waals surface area contributed by atoms with Crippen LogP contribution >= 0.6 is 11.3 Å². The summed E-state index contributed by atoms with van der Waals surface area (Å²) in [6, 6.07) is 7.07. The van der Waals surface area contributed by atoms with Crippen LogP contribution in [0.3, 0.4) is 0 Å². The first-order chi connectivity index (χ1) is 9.27. The third-order valence-electron chi connectivity index (χ3n) is 3.29. The minimum Gasteiger partial charge on any atom is -0.323 e. The van der Waals surface area contributed by atoms with Crippen LogP contribution < -0.4 is 5.73 Å².